The number of ether oxygens (including phenoxy) is 1. The Bertz CT molecular complexity index is 866. The maximum absolute atomic E-state index is 13.0. The van der Waals surface area contributed by atoms with Gasteiger partial charge in [-0.2, -0.15) is 0 Å². The smallest absolute Gasteiger partial charge is 0.242 e. The zero-order valence-electron chi connectivity index (χ0n) is 13.1. The molecule has 0 amide bonds. The Kier molecular flexibility index (Phi) is 5.78. The first-order valence-electron chi connectivity index (χ1n) is 7.66. The second kappa shape index (κ2) is 7.55. The lowest BCUT2D eigenvalue weighted by atomic mass is 9.84. The van der Waals surface area contributed by atoms with Crippen LogP contribution in [0.3, 0.4) is 0 Å². The molecule has 2 aromatic carbocycles. The summed E-state index contributed by atoms with van der Waals surface area (Å²) in [4.78, 5) is -0.0235. The molecule has 0 saturated carbocycles. The van der Waals surface area contributed by atoms with E-state index in [1.807, 2.05) is 24.3 Å². The normalized spacial score (nSPS) is 17.4. The van der Waals surface area contributed by atoms with Gasteiger partial charge in [-0.1, -0.05) is 57.3 Å². The van der Waals surface area contributed by atoms with Gasteiger partial charge in [-0.3, -0.25) is 0 Å². The van der Waals surface area contributed by atoms with Crippen molar-refractivity contribution in [3.63, 3.8) is 0 Å². The molecule has 1 N–H and O–H groups in total. The first-order valence-corrected chi connectivity index (χ1v) is 10.7. The number of sulfonamides is 1. The van der Waals surface area contributed by atoms with E-state index < -0.39 is 15.6 Å². The van der Waals surface area contributed by atoms with Gasteiger partial charge in [0.25, 0.3) is 0 Å². The van der Waals surface area contributed by atoms with E-state index in [1.54, 1.807) is 12.1 Å². The minimum absolute atomic E-state index is 0.0229. The lowest BCUT2D eigenvalue weighted by Crippen LogP contribution is -2.49. The third kappa shape index (κ3) is 4.04. The molecule has 0 bridgehead atoms. The van der Waals surface area contributed by atoms with E-state index in [2.05, 4.69) is 20.7 Å². The number of hydrogen-bond donors (Lipinski definition) is 1. The molecule has 1 aliphatic heterocycles. The van der Waals surface area contributed by atoms with Crippen LogP contribution in [0.15, 0.2) is 51.8 Å². The summed E-state index contributed by atoms with van der Waals surface area (Å²) in [5, 5.41) is 0.226. The van der Waals surface area contributed by atoms with Crippen molar-refractivity contribution in [2.45, 2.75) is 23.3 Å². The average molecular weight is 465 g/mol. The Morgan fingerprint density at radius 1 is 1.04 bits per heavy atom. The highest BCUT2D eigenvalue weighted by Crippen LogP contribution is 2.36. The fourth-order valence-corrected chi connectivity index (χ4v) is 5.42. The predicted octanol–water partition coefficient (Wildman–Crippen LogP) is 4.74. The van der Waals surface area contributed by atoms with Crippen LogP contribution in [-0.4, -0.2) is 21.6 Å². The number of halogens is 3. The van der Waals surface area contributed by atoms with Gasteiger partial charge in [0.2, 0.25) is 10.0 Å². The molecule has 0 spiro atoms. The Morgan fingerprint density at radius 3 is 2.32 bits per heavy atom. The van der Waals surface area contributed by atoms with Crippen LogP contribution in [0, 0.1) is 0 Å². The van der Waals surface area contributed by atoms with Gasteiger partial charge in [-0.25, -0.2) is 13.1 Å². The molecule has 1 saturated heterocycles. The number of rotatable bonds is 4. The maximum Gasteiger partial charge on any atom is 0.242 e. The number of nitrogens with one attached hydrogen (secondary N) is 1. The topological polar surface area (TPSA) is 55.4 Å². The van der Waals surface area contributed by atoms with Crippen molar-refractivity contribution in [3.8, 4) is 0 Å². The Labute approximate surface area is 165 Å². The highest BCUT2D eigenvalue weighted by Gasteiger charge is 2.39. The Balaban J connectivity index is 2.03. The molecule has 0 atom stereocenters. The van der Waals surface area contributed by atoms with Gasteiger partial charge in [0.1, 0.15) is 4.90 Å². The van der Waals surface area contributed by atoms with Gasteiger partial charge in [0.05, 0.1) is 15.6 Å². The molecule has 1 fully saturated rings. The second-order valence-electron chi connectivity index (χ2n) is 5.86. The monoisotopic (exact) mass is 463 g/mol. The quantitative estimate of drug-likeness (QED) is 0.710. The Hall–Kier alpha value is -0.630. The van der Waals surface area contributed by atoms with E-state index in [0.29, 0.717) is 26.1 Å². The minimum atomic E-state index is -3.86. The van der Waals surface area contributed by atoms with E-state index in [0.717, 1.165) is 10.0 Å². The van der Waals surface area contributed by atoms with Gasteiger partial charge < -0.3 is 4.74 Å². The zero-order valence-corrected chi connectivity index (χ0v) is 17.1. The fraction of sp³-hybridized carbons (Fsp3) is 0.294. The van der Waals surface area contributed by atoms with Crippen LogP contribution < -0.4 is 4.72 Å². The van der Waals surface area contributed by atoms with Crippen LogP contribution in [0.2, 0.25) is 10.0 Å². The molecule has 4 nitrogen and oxygen atoms in total. The standard InChI is InChI=1S/C17H16BrCl2NO3S/c18-13-6-4-12(5-7-13)17(8-10-24-11-9-17)21-25(22,23)15-3-1-2-14(19)16(15)20/h1-7,21H,8-11H2. The summed E-state index contributed by atoms with van der Waals surface area (Å²) < 4.78 is 35.3. The van der Waals surface area contributed by atoms with E-state index in [1.165, 1.54) is 6.07 Å². The molecule has 134 valence electrons. The average Bonchev–Trinajstić information content (AvgIpc) is 2.58. The molecule has 2 aromatic rings. The van der Waals surface area contributed by atoms with Gasteiger partial charge >= 0.3 is 0 Å². The van der Waals surface area contributed by atoms with E-state index in [-0.39, 0.29) is 14.9 Å². The lowest BCUT2D eigenvalue weighted by molar-refractivity contribution is 0.0459. The molecule has 0 unspecified atom stereocenters. The van der Waals surface area contributed by atoms with Crippen molar-refractivity contribution in [2.24, 2.45) is 0 Å². The van der Waals surface area contributed by atoms with E-state index in [4.69, 9.17) is 27.9 Å². The van der Waals surface area contributed by atoms with E-state index >= 15 is 0 Å². The second-order valence-corrected chi connectivity index (χ2v) is 9.21. The zero-order chi connectivity index (χ0) is 18.1. The highest BCUT2D eigenvalue weighted by atomic mass is 79.9. The first-order chi connectivity index (χ1) is 11.8. The summed E-state index contributed by atoms with van der Waals surface area (Å²) in [6.07, 6.45) is 1.07. The molecule has 0 aliphatic carbocycles. The van der Waals surface area contributed by atoms with Crippen molar-refractivity contribution < 1.29 is 13.2 Å². The molecule has 8 heteroatoms. The summed E-state index contributed by atoms with van der Waals surface area (Å²) in [5.41, 5.74) is 0.143. The molecular formula is C17H16BrCl2NO3S. The van der Waals surface area contributed by atoms with Crippen molar-refractivity contribution in [1.29, 1.82) is 0 Å². The van der Waals surface area contributed by atoms with Crippen molar-refractivity contribution in [3.05, 3.63) is 62.5 Å². The molecule has 3 rings (SSSR count). The van der Waals surface area contributed by atoms with Crippen LogP contribution in [-0.2, 0) is 20.3 Å². The minimum Gasteiger partial charge on any atom is -0.381 e. The highest BCUT2D eigenvalue weighted by molar-refractivity contribution is 9.10. The van der Waals surface area contributed by atoms with Gasteiger partial charge in [0.15, 0.2) is 0 Å². The van der Waals surface area contributed by atoms with Gasteiger partial charge in [0, 0.05) is 17.7 Å². The molecule has 0 aromatic heterocycles. The van der Waals surface area contributed by atoms with E-state index in [9.17, 15) is 8.42 Å². The summed E-state index contributed by atoms with van der Waals surface area (Å²) in [6.45, 7) is 0.948. The van der Waals surface area contributed by atoms with Crippen LogP contribution >= 0.6 is 39.1 Å². The lowest BCUT2D eigenvalue weighted by Gasteiger charge is -2.38. The number of benzene rings is 2. The molecule has 0 radical (unpaired) electrons. The van der Waals surface area contributed by atoms with Crippen LogP contribution in [0.4, 0.5) is 0 Å². The fourth-order valence-electron chi connectivity index (χ4n) is 2.94. The third-order valence-electron chi connectivity index (χ3n) is 4.28. The van der Waals surface area contributed by atoms with Crippen LogP contribution in [0.1, 0.15) is 18.4 Å². The predicted molar refractivity (Wildman–Crippen MR) is 103 cm³/mol. The van der Waals surface area contributed by atoms with Crippen molar-refractivity contribution in [1.82, 2.24) is 4.72 Å². The maximum atomic E-state index is 13.0. The van der Waals surface area contributed by atoms with Crippen molar-refractivity contribution in [2.75, 3.05) is 13.2 Å². The van der Waals surface area contributed by atoms with Crippen molar-refractivity contribution >= 4 is 49.2 Å². The summed E-state index contributed by atoms with van der Waals surface area (Å²) in [7, 11) is -3.86. The first kappa shape index (κ1) is 19.1. The molecule has 1 heterocycles. The van der Waals surface area contributed by atoms with Crippen LogP contribution in [0.5, 0.6) is 0 Å². The molecule has 1 aliphatic rings. The SMILES string of the molecule is O=S(=O)(NC1(c2ccc(Br)cc2)CCOCC1)c1cccc(Cl)c1Cl. The summed E-state index contributed by atoms with van der Waals surface area (Å²) in [6, 6.07) is 12.2. The van der Waals surface area contributed by atoms with Gasteiger partial charge in [-0.05, 0) is 42.7 Å². The Morgan fingerprint density at radius 2 is 1.68 bits per heavy atom. The summed E-state index contributed by atoms with van der Waals surface area (Å²) >= 11 is 15.5. The molecular weight excluding hydrogens is 449 g/mol. The summed E-state index contributed by atoms with van der Waals surface area (Å²) in [5.74, 6) is 0. The third-order valence-corrected chi connectivity index (χ3v) is 7.32. The largest absolute Gasteiger partial charge is 0.381 e. The number of hydrogen-bond acceptors (Lipinski definition) is 3. The van der Waals surface area contributed by atoms with Crippen LogP contribution in [0.25, 0.3) is 0 Å². The van der Waals surface area contributed by atoms with Gasteiger partial charge in [-0.15, -0.1) is 0 Å². The molecule has 25 heavy (non-hydrogen) atoms.